The molecule has 0 amide bonds. The van der Waals surface area contributed by atoms with E-state index in [1.165, 1.54) is 11.3 Å². The van der Waals surface area contributed by atoms with E-state index in [0.717, 1.165) is 36.8 Å². The van der Waals surface area contributed by atoms with Crippen LogP contribution in [-0.4, -0.2) is 32.7 Å². The molecule has 0 saturated heterocycles. The van der Waals surface area contributed by atoms with Crippen LogP contribution in [0.4, 0.5) is 0 Å². The van der Waals surface area contributed by atoms with Crippen molar-refractivity contribution < 1.29 is 0 Å². The number of rotatable bonds is 3. The van der Waals surface area contributed by atoms with E-state index in [9.17, 15) is 0 Å². The number of aromatic nitrogens is 3. The van der Waals surface area contributed by atoms with E-state index in [1.807, 2.05) is 24.7 Å². The summed E-state index contributed by atoms with van der Waals surface area (Å²) in [6.45, 7) is 2.75. The molecule has 0 N–H and O–H groups in total. The van der Waals surface area contributed by atoms with Crippen LogP contribution in [0.1, 0.15) is 16.8 Å². The molecule has 3 rings (SSSR count). The lowest BCUT2D eigenvalue weighted by Gasteiger charge is -2.27. The minimum Gasteiger partial charge on any atom is -0.294 e. The lowest BCUT2D eigenvalue weighted by atomic mass is 10.1. The molecule has 0 spiro atoms. The van der Waals surface area contributed by atoms with Gasteiger partial charge in [0, 0.05) is 50.2 Å². The van der Waals surface area contributed by atoms with E-state index in [4.69, 9.17) is 11.6 Å². The smallest absolute Gasteiger partial charge is 0.187 e. The van der Waals surface area contributed by atoms with Gasteiger partial charge in [-0.1, -0.05) is 23.4 Å². The molecule has 1 aliphatic heterocycles. The van der Waals surface area contributed by atoms with Crippen molar-refractivity contribution in [1.82, 2.24) is 19.9 Å². The number of halogens is 1. The Bertz CT molecular complexity index is 620. The third kappa shape index (κ3) is 3.11. The van der Waals surface area contributed by atoms with Gasteiger partial charge in [0.1, 0.15) is 0 Å². The Kier molecular flexibility index (Phi) is 4.19. The molecule has 0 bridgehead atoms. The second-order valence-electron chi connectivity index (χ2n) is 4.80. The number of hydrogen-bond acceptors (Lipinski definition) is 5. The molecule has 0 unspecified atom stereocenters. The second-order valence-corrected chi connectivity index (χ2v) is 6.01. The first-order valence-corrected chi connectivity index (χ1v) is 8.05. The van der Waals surface area contributed by atoms with Gasteiger partial charge >= 0.3 is 0 Å². The normalized spacial score (nSPS) is 15.1. The van der Waals surface area contributed by atoms with Gasteiger partial charge in [0.2, 0.25) is 0 Å². The number of thioether (sulfide) groups is 1. The fourth-order valence-corrected chi connectivity index (χ4v) is 2.95. The highest BCUT2D eigenvalue weighted by Crippen LogP contribution is 2.21. The summed E-state index contributed by atoms with van der Waals surface area (Å²) in [6.07, 6.45) is 8.46. The lowest BCUT2D eigenvalue weighted by Crippen LogP contribution is -2.31. The molecular formula is C14H15ClN4S. The molecule has 0 radical (unpaired) electrons. The first-order chi connectivity index (χ1) is 9.74. The minimum absolute atomic E-state index is 0.688. The SMILES string of the molecule is CSc1ncc2c(n1)CCN(Cc1cncc(Cl)c1)C2. The van der Waals surface area contributed by atoms with Crippen LogP contribution >= 0.6 is 23.4 Å². The Labute approximate surface area is 127 Å². The van der Waals surface area contributed by atoms with E-state index in [1.54, 1.807) is 18.0 Å². The lowest BCUT2D eigenvalue weighted by molar-refractivity contribution is 0.242. The highest BCUT2D eigenvalue weighted by Gasteiger charge is 2.18. The van der Waals surface area contributed by atoms with Gasteiger partial charge in [0.05, 0.1) is 10.7 Å². The summed E-state index contributed by atoms with van der Waals surface area (Å²) < 4.78 is 0. The van der Waals surface area contributed by atoms with Gasteiger partial charge < -0.3 is 0 Å². The third-order valence-electron chi connectivity index (χ3n) is 3.34. The molecule has 0 atom stereocenters. The van der Waals surface area contributed by atoms with Crippen molar-refractivity contribution in [2.45, 2.75) is 24.7 Å². The Balaban J connectivity index is 1.72. The van der Waals surface area contributed by atoms with E-state index >= 15 is 0 Å². The summed E-state index contributed by atoms with van der Waals surface area (Å²) in [5, 5.41) is 1.55. The molecular weight excluding hydrogens is 292 g/mol. The molecule has 2 aromatic heterocycles. The molecule has 0 saturated carbocycles. The summed E-state index contributed by atoms with van der Waals surface area (Å²) in [7, 11) is 0. The minimum atomic E-state index is 0.688. The summed E-state index contributed by atoms with van der Waals surface area (Å²) >= 11 is 7.56. The van der Waals surface area contributed by atoms with Gasteiger partial charge in [0.25, 0.3) is 0 Å². The zero-order valence-corrected chi connectivity index (χ0v) is 12.8. The van der Waals surface area contributed by atoms with Crippen molar-refractivity contribution in [3.63, 3.8) is 0 Å². The van der Waals surface area contributed by atoms with Crippen LogP contribution < -0.4 is 0 Å². The van der Waals surface area contributed by atoms with E-state index in [0.29, 0.717) is 5.02 Å². The molecule has 4 nitrogen and oxygen atoms in total. The van der Waals surface area contributed by atoms with E-state index in [2.05, 4.69) is 19.9 Å². The van der Waals surface area contributed by atoms with Crippen molar-refractivity contribution in [2.24, 2.45) is 0 Å². The van der Waals surface area contributed by atoms with Crippen LogP contribution in [0, 0.1) is 0 Å². The van der Waals surface area contributed by atoms with Crippen LogP contribution in [0.15, 0.2) is 29.8 Å². The van der Waals surface area contributed by atoms with Crippen molar-refractivity contribution >= 4 is 23.4 Å². The maximum atomic E-state index is 5.97. The average Bonchev–Trinajstić information content (AvgIpc) is 2.47. The van der Waals surface area contributed by atoms with Crippen LogP contribution in [0.25, 0.3) is 0 Å². The van der Waals surface area contributed by atoms with Crippen LogP contribution in [0.3, 0.4) is 0 Å². The maximum Gasteiger partial charge on any atom is 0.187 e. The van der Waals surface area contributed by atoms with Gasteiger partial charge in [-0.2, -0.15) is 0 Å². The topological polar surface area (TPSA) is 41.9 Å². The zero-order valence-electron chi connectivity index (χ0n) is 11.2. The fourth-order valence-electron chi connectivity index (χ4n) is 2.39. The van der Waals surface area contributed by atoms with Crippen molar-refractivity contribution in [2.75, 3.05) is 12.8 Å². The maximum absolute atomic E-state index is 5.97. The Morgan fingerprint density at radius 3 is 3.05 bits per heavy atom. The molecule has 0 fully saturated rings. The molecule has 0 aliphatic carbocycles. The Morgan fingerprint density at radius 2 is 2.25 bits per heavy atom. The van der Waals surface area contributed by atoms with Gasteiger partial charge in [-0.25, -0.2) is 9.97 Å². The summed E-state index contributed by atoms with van der Waals surface area (Å²) in [4.78, 5) is 15.4. The van der Waals surface area contributed by atoms with Gasteiger partial charge in [-0.15, -0.1) is 0 Å². The molecule has 20 heavy (non-hydrogen) atoms. The van der Waals surface area contributed by atoms with Crippen LogP contribution in [0.2, 0.25) is 5.02 Å². The summed E-state index contributed by atoms with van der Waals surface area (Å²) in [6, 6.07) is 1.97. The Hall–Kier alpha value is -1.17. The highest BCUT2D eigenvalue weighted by atomic mass is 35.5. The first kappa shape index (κ1) is 13.8. The van der Waals surface area contributed by atoms with Crippen molar-refractivity contribution in [1.29, 1.82) is 0 Å². The number of pyridine rings is 1. The molecule has 3 heterocycles. The van der Waals surface area contributed by atoms with Crippen LogP contribution in [0.5, 0.6) is 0 Å². The molecule has 2 aromatic rings. The van der Waals surface area contributed by atoms with Gasteiger partial charge in [-0.3, -0.25) is 9.88 Å². The van der Waals surface area contributed by atoms with Gasteiger partial charge in [-0.05, 0) is 17.9 Å². The standard InChI is InChI=1S/C14H15ClN4S/c1-20-14-17-6-11-9-19(3-2-13(11)18-14)8-10-4-12(15)7-16-5-10/h4-7H,2-3,8-9H2,1H3. The fraction of sp³-hybridized carbons (Fsp3) is 0.357. The molecule has 104 valence electrons. The van der Waals surface area contributed by atoms with Crippen LogP contribution in [-0.2, 0) is 19.5 Å². The predicted octanol–water partition coefficient (Wildman–Crippen LogP) is 2.81. The van der Waals surface area contributed by atoms with Gasteiger partial charge in [0.15, 0.2) is 5.16 Å². The second kappa shape index (κ2) is 6.08. The molecule has 0 aromatic carbocycles. The van der Waals surface area contributed by atoms with E-state index < -0.39 is 0 Å². The molecule has 6 heteroatoms. The highest BCUT2D eigenvalue weighted by molar-refractivity contribution is 7.98. The Morgan fingerprint density at radius 1 is 1.35 bits per heavy atom. The predicted molar refractivity (Wildman–Crippen MR) is 80.9 cm³/mol. The number of fused-ring (bicyclic) bond motifs is 1. The van der Waals surface area contributed by atoms with E-state index in [-0.39, 0.29) is 0 Å². The first-order valence-electron chi connectivity index (χ1n) is 6.45. The third-order valence-corrected chi connectivity index (χ3v) is 4.11. The molecule has 1 aliphatic rings. The summed E-state index contributed by atoms with van der Waals surface area (Å²) in [5.74, 6) is 0. The number of nitrogens with zero attached hydrogens (tertiary/aromatic N) is 4. The monoisotopic (exact) mass is 306 g/mol. The van der Waals surface area contributed by atoms with Crippen molar-refractivity contribution in [3.8, 4) is 0 Å². The quantitative estimate of drug-likeness (QED) is 0.644. The number of hydrogen-bond donors (Lipinski definition) is 0. The summed E-state index contributed by atoms with van der Waals surface area (Å²) in [5.41, 5.74) is 3.55. The average molecular weight is 307 g/mol. The van der Waals surface area contributed by atoms with Crippen molar-refractivity contribution in [3.05, 3.63) is 46.5 Å². The largest absolute Gasteiger partial charge is 0.294 e. The zero-order chi connectivity index (χ0) is 13.9.